The van der Waals surface area contributed by atoms with Gasteiger partial charge in [0.25, 0.3) is 0 Å². The molecule has 4 nitrogen and oxygen atoms in total. The molecule has 0 aliphatic rings. The first kappa shape index (κ1) is 22.0. The minimum absolute atomic E-state index is 0.361. The third kappa shape index (κ3) is 4.57. The molecule has 1 aromatic carbocycles. The Balaban J connectivity index is 2.28. The highest BCUT2D eigenvalue weighted by molar-refractivity contribution is 5.35. The van der Waals surface area contributed by atoms with E-state index < -0.39 is 5.60 Å². The number of aliphatic hydroxyl groups is 1. The predicted octanol–water partition coefficient (Wildman–Crippen LogP) is 5.43. The van der Waals surface area contributed by atoms with Gasteiger partial charge in [0.2, 0.25) is 0 Å². The van der Waals surface area contributed by atoms with Crippen molar-refractivity contribution in [2.45, 2.75) is 58.8 Å². The van der Waals surface area contributed by atoms with Gasteiger partial charge in [-0.3, -0.25) is 4.90 Å². The summed E-state index contributed by atoms with van der Waals surface area (Å²) in [6, 6.07) is 12.2. The van der Waals surface area contributed by atoms with Crippen LogP contribution >= 0.6 is 0 Å². The molecule has 1 heterocycles. The number of ether oxygens (including phenoxy) is 1. The predicted molar refractivity (Wildman–Crippen MR) is 114 cm³/mol. The summed E-state index contributed by atoms with van der Waals surface area (Å²) in [6.45, 7) is 17.2. The molecule has 0 spiro atoms. The molecule has 0 saturated heterocycles. The van der Waals surface area contributed by atoms with E-state index in [0.29, 0.717) is 29.5 Å². The van der Waals surface area contributed by atoms with Gasteiger partial charge in [-0.15, -0.1) is 0 Å². The Morgan fingerprint density at radius 1 is 1.14 bits per heavy atom. The lowest BCUT2D eigenvalue weighted by Crippen LogP contribution is -2.31. The van der Waals surface area contributed by atoms with E-state index in [1.165, 1.54) is 0 Å². The van der Waals surface area contributed by atoms with E-state index in [4.69, 9.17) is 9.15 Å². The molecular weight excluding hydrogens is 350 g/mol. The van der Waals surface area contributed by atoms with E-state index in [1.54, 1.807) is 21.0 Å². The molecule has 0 fully saturated rings. The molecule has 0 radical (unpaired) electrons. The number of nitrogens with zero attached hydrogens (tertiary/aromatic N) is 1. The molecule has 1 N–H and O–H groups in total. The molecule has 2 rings (SSSR count). The monoisotopic (exact) mass is 383 g/mol. The standard InChI is InChI=1S/C24H33NO3/c1-8-19(6)25(15-20-11-9-10-12-22(20)27-7)16-21-13-14-23(28-21)24(26,17(2)3)18(4)5/h9-14,19,26H,2,4,8,15-16H2,1,3,5-7H3/t19-/m0/s1. The van der Waals surface area contributed by atoms with Crippen LogP contribution in [-0.4, -0.2) is 23.2 Å². The Morgan fingerprint density at radius 3 is 2.36 bits per heavy atom. The largest absolute Gasteiger partial charge is 0.496 e. The molecule has 4 heteroatoms. The Kier molecular flexibility index (Phi) is 7.28. The summed E-state index contributed by atoms with van der Waals surface area (Å²) >= 11 is 0. The third-order valence-electron chi connectivity index (χ3n) is 5.39. The van der Waals surface area contributed by atoms with Gasteiger partial charge in [0, 0.05) is 18.2 Å². The van der Waals surface area contributed by atoms with Gasteiger partial charge in [0.15, 0.2) is 5.60 Å². The van der Waals surface area contributed by atoms with Gasteiger partial charge < -0.3 is 14.3 Å². The lowest BCUT2D eigenvalue weighted by atomic mass is 9.87. The van der Waals surface area contributed by atoms with Crippen LogP contribution in [0.5, 0.6) is 5.75 Å². The Bertz CT molecular complexity index is 807. The zero-order valence-electron chi connectivity index (χ0n) is 17.8. The first-order valence-corrected chi connectivity index (χ1v) is 9.73. The summed E-state index contributed by atoms with van der Waals surface area (Å²) in [6.07, 6.45) is 1.02. The molecular formula is C24H33NO3. The number of benzene rings is 1. The van der Waals surface area contributed by atoms with Crippen molar-refractivity contribution < 1.29 is 14.3 Å². The van der Waals surface area contributed by atoms with Gasteiger partial charge in [-0.25, -0.2) is 0 Å². The van der Waals surface area contributed by atoms with E-state index in [1.807, 2.05) is 30.3 Å². The molecule has 0 amide bonds. The van der Waals surface area contributed by atoms with Crippen LogP contribution in [0.3, 0.4) is 0 Å². The van der Waals surface area contributed by atoms with E-state index in [9.17, 15) is 5.11 Å². The SMILES string of the molecule is C=C(C)C(O)(C(=C)C)c1ccc(CN(Cc2ccccc2OC)[C@@H](C)CC)o1. The lowest BCUT2D eigenvalue weighted by Gasteiger charge is -2.29. The molecule has 152 valence electrons. The maximum absolute atomic E-state index is 11.0. The van der Waals surface area contributed by atoms with Crippen molar-refractivity contribution in [1.29, 1.82) is 0 Å². The Morgan fingerprint density at radius 2 is 1.79 bits per heavy atom. The number of furan rings is 1. The third-order valence-corrected chi connectivity index (χ3v) is 5.39. The summed E-state index contributed by atoms with van der Waals surface area (Å²) in [5.41, 5.74) is 0.974. The number of para-hydroxylation sites is 1. The summed E-state index contributed by atoms with van der Waals surface area (Å²) < 4.78 is 11.6. The van der Waals surface area contributed by atoms with E-state index in [0.717, 1.165) is 30.0 Å². The van der Waals surface area contributed by atoms with Crippen molar-refractivity contribution in [1.82, 2.24) is 4.90 Å². The number of hydrogen-bond donors (Lipinski definition) is 1. The smallest absolute Gasteiger partial charge is 0.163 e. The highest BCUT2D eigenvalue weighted by Gasteiger charge is 2.35. The van der Waals surface area contributed by atoms with E-state index in [-0.39, 0.29) is 0 Å². The van der Waals surface area contributed by atoms with Gasteiger partial charge in [0.05, 0.1) is 13.7 Å². The van der Waals surface area contributed by atoms with Crippen molar-refractivity contribution in [2.24, 2.45) is 0 Å². The maximum Gasteiger partial charge on any atom is 0.163 e. The zero-order chi connectivity index (χ0) is 20.9. The molecule has 0 bridgehead atoms. The van der Waals surface area contributed by atoms with Crippen molar-refractivity contribution in [3.8, 4) is 5.75 Å². The molecule has 0 unspecified atom stereocenters. The van der Waals surface area contributed by atoms with Crippen LogP contribution in [0.4, 0.5) is 0 Å². The molecule has 28 heavy (non-hydrogen) atoms. The van der Waals surface area contributed by atoms with Crippen LogP contribution in [0.15, 0.2) is 65.1 Å². The molecule has 1 atom stereocenters. The fraction of sp³-hybridized carbons (Fsp3) is 0.417. The normalized spacial score (nSPS) is 12.8. The zero-order valence-corrected chi connectivity index (χ0v) is 17.8. The van der Waals surface area contributed by atoms with Gasteiger partial charge >= 0.3 is 0 Å². The minimum Gasteiger partial charge on any atom is -0.496 e. The molecule has 0 saturated carbocycles. The topological polar surface area (TPSA) is 45.8 Å². The summed E-state index contributed by atoms with van der Waals surface area (Å²) in [4.78, 5) is 2.35. The number of methoxy groups -OCH3 is 1. The van der Waals surface area contributed by atoms with Gasteiger partial charge in [-0.1, -0.05) is 38.3 Å². The fourth-order valence-corrected chi connectivity index (χ4v) is 3.32. The first-order valence-electron chi connectivity index (χ1n) is 9.73. The second kappa shape index (κ2) is 9.26. The highest BCUT2D eigenvalue weighted by Crippen LogP contribution is 2.36. The molecule has 0 aliphatic carbocycles. The van der Waals surface area contributed by atoms with Crippen LogP contribution in [0.1, 0.15) is 51.2 Å². The van der Waals surface area contributed by atoms with Crippen LogP contribution < -0.4 is 4.74 Å². The Labute approximate surface area is 169 Å². The maximum atomic E-state index is 11.0. The second-order valence-electron chi connectivity index (χ2n) is 7.51. The second-order valence-corrected chi connectivity index (χ2v) is 7.51. The molecule has 0 aliphatic heterocycles. The van der Waals surface area contributed by atoms with Gasteiger partial charge in [0.1, 0.15) is 17.3 Å². The fourth-order valence-electron chi connectivity index (χ4n) is 3.32. The van der Waals surface area contributed by atoms with Crippen LogP contribution in [-0.2, 0) is 18.7 Å². The van der Waals surface area contributed by atoms with Gasteiger partial charge in [-0.05, 0) is 56.5 Å². The lowest BCUT2D eigenvalue weighted by molar-refractivity contribution is 0.0863. The molecule has 1 aromatic heterocycles. The van der Waals surface area contributed by atoms with E-state index in [2.05, 4.69) is 38.0 Å². The average Bonchev–Trinajstić information content (AvgIpc) is 3.15. The van der Waals surface area contributed by atoms with E-state index >= 15 is 0 Å². The van der Waals surface area contributed by atoms with Crippen LogP contribution in [0.2, 0.25) is 0 Å². The minimum atomic E-state index is -1.35. The van der Waals surface area contributed by atoms with Crippen molar-refractivity contribution in [3.63, 3.8) is 0 Å². The van der Waals surface area contributed by atoms with Crippen LogP contribution in [0, 0.1) is 0 Å². The first-order chi connectivity index (χ1) is 13.2. The quantitative estimate of drug-likeness (QED) is 0.556. The summed E-state index contributed by atoms with van der Waals surface area (Å²) in [5.74, 6) is 2.14. The van der Waals surface area contributed by atoms with Crippen molar-refractivity contribution in [3.05, 3.63) is 77.8 Å². The van der Waals surface area contributed by atoms with Gasteiger partial charge in [-0.2, -0.15) is 0 Å². The van der Waals surface area contributed by atoms with Crippen LogP contribution in [0.25, 0.3) is 0 Å². The average molecular weight is 384 g/mol. The highest BCUT2D eigenvalue weighted by atomic mass is 16.5. The summed E-state index contributed by atoms with van der Waals surface area (Å²) in [5, 5.41) is 11.0. The number of hydrogen-bond acceptors (Lipinski definition) is 4. The Hall–Kier alpha value is -2.30. The van der Waals surface area contributed by atoms with Crippen molar-refractivity contribution in [2.75, 3.05) is 7.11 Å². The summed E-state index contributed by atoms with van der Waals surface area (Å²) in [7, 11) is 1.70. The molecule has 2 aromatic rings. The van der Waals surface area contributed by atoms with Crippen molar-refractivity contribution >= 4 is 0 Å². The number of rotatable bonds is 10.